The van der Waals surface area contributed by atoms with Crippen LogP contribution in [-0.2, 0) is 0 Å². The van der Waals surface area contributed by atoms with Crippen molar-refractivity contribution in [3.63, 3.8) is 0 Å². The Balaban J connectivity index is 1.59. The highest BCUT2D eigenvalue weighted by atomic mass is 32.1. The number of rotatable bonds is 6. The fourth-order valence-corrected chi connectivity index (χ4v) is 3.37. The highest BCUT2D eigenvalue weighted by Crippen LogP contribution is 2.27. The molecule has 2 aromatic heterocycles. The summed E-state index contributed by atoms with van der Waals surface area (Å²) in [6.45, 7) is 4.37. The van der Waals surface area contributed by atoms with Gasteiger partial charge in [0.2, 0.25) is 5.13 Å². The first kappa shape index (κ1) is 18.8. The monoisotopic (exact) mass is 406 g/mol. The smallest absolute Gasteiger partial charge is 0.257 e. The van der Waals surface area contributed by atoms with E-state index in [-0.39, 0.29) is 5.91 Å². The SMILES string of the molecule is CCOc1ccccc1-n1nnc(-c2nsc(NC(=O)c3ccccc3)n2)c1C. The molecule has 9 heteroatoms. The predicted molar refractivity (Wildman–Crippen MR) is 111 cm³/mol. The van der Waals surface area contributed by atoms with Gasteiger partial charge in [-0.1, -0.05) is 35.5 Å². The number of nitrogens with zero attached hydrogens (tertiary/aromatic N) is 5. The molecule has 2 heterocycles. The van der Waals surface area contributed by atoms with E-state index in [1.54, 1.807) is 16.8 Å². The molecule has 146 valence electrons. The largest absolute Gasteiger partial charge is 0.492 e. The van der Waals surface area contributed by atoms with Crippen molar-refractivity contribution in [3.05, 3.63) is 65.9 Å². The molecule has 0 spiro atoms. The third-order valence-electron chi connectivity index (χ3n) is 4.18. The van der Waals surface area contributed by atoms with Crippen LogP contribution in [0.25, 0.3) is 17.2 Å². The molecule has 0 bridgehead atoms. The third-order valence-corrected chi connectivity index (χ3v) is 4.81. The lowest BCUT2D eigenvalue weighted by atomic mass is 10.2. The zero-order valence-corrected chi connectivity index (χ0v) is 16.7. The van der Waals surface area contributed by atoms with Gasteiger partial charge in [-0.05, 0) is 38.1 Å². The van der Waals surface area contributed by atoms with E-state index >= 15 is 0 Å². The highest BCUT2D eigenvalue weighted by molar-refractivity contribution is 7.10. The number of hydrogen-bond donors (Lipinski definition) is 1. The summed E-state index contributed by atoms with van der Waals surface area (Å²) in [4.78, 5) is 16.7. The topological polar surface area (TPSA) is 94.8 Å². The number of para-hydroxylation sites is 2. The van der Waals surface area contributed by atoms with Crippen LogP contribution >= 0.6 is 11.5 Å². The van der Waals surface area contributed by atoms with Crippen molar-refractivity contribution >= 4 is 22.6 Å². The summed E-state index contributed by atoms with van der Waals surface area (Å²) in [6.07, 6.45) is 0. The molecule has 29 heavy (non-hydrogen) atoms. The summed E-state index contributed by atoms with van der Waals surface area (Å²) in [5.74, 6) is 0.895. The van der Waals surface area contributed by atoms with Crippen molar-refractivity contribution in [1.29, 1.82) is 0 Å². The maximum absolute atomic E-state index is 12.3. The molecule has 0 aliphatic carbocycles. The zero-order chi connectivity index (χ0) is 20.2. The van der Waals surface area contributed by atoms with Crippen LogP contribution in [0.4, 0.5) is 5.13 Å². The Bertz CT molecular complexity index is 1140. The molecule has 0 saturated heterocycles. The Hall–Kier alpha value is -3.59. The molecular weight excluding hydrogens is 388 g/mol. The second-order valence-corrected chi connectivity index (χ2v) is 6.83. The minimum atomic E-state index is -0.237. The first-order valence-electron chi connectivity index (χ1n) is 9.02. The molecule has 4 rings (SSSR count). The Labute approximate surface area is 171 Å². The maximum Gasteiger partial charge on any atom is 0.257 e. The van der Waals surface area contributed by atoms with E-state index in [0.717, 1.165) is 28.7 Å². The summed E-state index contributed by atoms with van der Waals surface area (Å²) in [5.41, 5.74) is 2.67. The fraction of sp³-hybridized carbons (Fsp3) is 0.150. The summed E-state index contributed by atoms with van der Waals surface area (Å²) in [7, 11) is 0. The molecule has 0 fully saturated rings. The average Bonchev–Trinajstić information content (AvgIpc) is 3.35. The molecule has 0 aliphatic rings. The Morgan fingerprint density at radius 2 is 1.90 bits per heavy atom. The normalized spacial score (nSPS) is 10.7. The maximum atomic E-state index is 12.3. The number of amides is 1. The van der Waals surface area contributed by atoms with Gasteiger partial charge in [-0.3, -0.25) is 10.1 Å². The third kappa shape index (κ3) is 3.85. The minimum Gasteiger partial charge on any atom is -0.492 e. The van der Waals surface area contributed by atoms with E-state index in [1.807, 2.05) is 56.3 Å². The van der Waals surface area contributed by atoms with E-state index in [4.69, 9.17) is 4.74 Å². The Morgan fingerprint density at radius 3 is 2.69 bits per heavy atom. The lowest BCUT2D eigenvalue weighted by Crippen LogP contribution is -2.11. The van der Waals surface area contributed by atoms with Gasteiger partial charge in [-0.15, -0.1) is 5.10 Å². The molecule has 0 unspecified atom stereocenters. The molecule has 1 amide bonds. The summed E-state index contributed by atoms with van der Waals surface area (Å²) in [5, 5.41) is 11.7. The predicted octanol–water partition coefficient (Wildman–Crippen LogP) is 3.75. The first-order chi connectivity index (χ1) is 14.2. The summed E-state index contributed by atoms with van der Waals surface area (Å²) >= 11 is 1.10. The van der Waals surface area contributed by atoms with Crippen LogP contribution < -0.4 is 10.1 Å². The van der Waals surface area contributed by atoms with E-state index in [1.165, 1.54) is 0 Å². The number of aromatic nitrogens is 5. The Morgan fingerprint density at radius 1 is 1.14 bits per heavy atom. The van der Waals surface area contributed by atoms with Gasteiger partial charge in [0.15, 0.2) is 11.5 Å². The van der Waals surface area contributed by atoms with Crippen LogP contribution in [0.15, 0.2) is 54.6 Å². The fourth-order valence-electron chi connectivity index (χ4n) is 2.80. The zero-order valence-electron chi connectivity index (χ0n) is 15.9. The highest BCUT2D eigenvalue weighted by Gasteiger charge is 2.19. The van der Waals surface area contributed by atoms with E-state index < -0.39 is 0 Å². The van der Waals surface area contributed by atoms with Crippen LogP contribution in [0.5, 0.6) is 5.75 Å². The molecule has 1 N–H and O–H groups in total. The summed E-state index contributed by atoms with van der Waals surface area (Å²) < 4.78 is 11.7. The van der Waals surface area contributed by atoms with Gasteiger partial charge in [-0.25, -0.2) is 4.68 Å². The number of hydrogen-bond acceptors (Lipinski definition) is 7. The van der Waals surface area contributed by atoms with Gasteiger partial charge in [0, 0.05) is 17.1 Å². The number of anilines is 1. The van der Waals surface area contributed by atoms with Gasteiger partial charge in [0.1, 0.15) is 11.4 Å². The van der Waals surface area contributed by atoms with E-state index in [9.17, 15) is 4.79 Å². The van der Waals surface area contributed by atoms with Gasteiger partial charge in [-0.2, -0.15) is 9.36 Å². The lowest BCUT2D eigenvalue weighted by molar-refractivity contribution is 0.102. The van der Waals surface area contributed by atoms with Crippen molar-refractivity contribution in [2.75, 3.05) is 11.9 Å². The number of nitrogens with one attached hydrogen (secondary N) is 1. The van der Waals surface area contributed by atoms with E-state index in [2.05, 4.69) is 25.0 Å². The van der Waals surface area contributed by atoms with Crippen molar-refractivity contribution in [3.8, 4) is 23.0 Å². The van der Waals surface area contributed by atoms with E-state index in [0.29, 0.717) is 28.8 Å². The van der Waals surface area contributed by atoms with Crippen molar-refractivity contribution in [1.82, 2.24) is 24.4 Å². The van der Waals surface area contributed by atoms with Crippen molar-refractivity contribution < 1.29 is 9.53 Å². The molecule has 2 aromatic carbocycles. The molecule has 4 aromatic rings. The molecular formula is C20H18N6O2S. The standard InChI is InChI=1S/C20H18N6O2S/c1-3-28-16-12-8-7-11-15(16)26-13(2)17(23-25-26)18-21-20(29-24-18)22-19(27)14-9-5-4-6-10-14/h4-12H,3H2,1-2H3,(H,21,22,24,27). The second-order valence-electron chi connectivity index (χ2n) is 6.08. The van der Waals surface area contributed by atoms with Gasteiger partial charge >= 0.3 is 0 Å². The number of benzene rings is 2. The van der Waals surface area contributed by atoms with Crippen molar-refractivity contribution in [2.24, 2.45) is 0 Å². The second kappa shape index (κ2) is 8.19. The van der Waals surface area contributed by atoms with Crippen LogP contribution in [-0.4, -0.2) is 36.9 Å². The molecule has 0 atom stereocenters. The number of carbonyl (C=O) groups excluding carboxylic acids is 1. The molecule has 0 aliphatic heterocycles. The van der Waals surface area contributed by atoms with Gasteiger partial charge in [0.05, 0.1) is 12.3 Å². The lowest BCUT2D eigenvalue weighted by Gasteiger charge is -2.10. The quantitative estimate of drug-likeness (QED) is 0.524. The molecule has 0 saturated carbocycles. The molecule has 8 nitrogen and oxygen atoms in total. The number of carbonyl (C=O) groups is 1. The summed E-state index contributed by atoms with van der Waals surface area (Å²) in [6, 6.07) is 16.6. The van der Waals surface area contributed by atoms with Gasteiger partial charge in [0.25, 0.3) is 5.91 Å². The minimum absolute atomic E-state index is 0.237. The van der Waals surface area contributed by atoms with Crippen LogP contribution in [0.1, 0.15) is 23.0 Å². The van der Waals surface area contributed by atoms with Crippen LogP contribution in [0, 0.1) is 6.92 Å². The first-order valence-corrected chi connectivity index (χ1v) is 9.79. The number of ether oxygens (including phenoxy) is 1. The Kier molecular flexibility index (Phi) is 5.30. The molecule has 0 radical (unpaired) electrons. The van der Waals surface area contributed by atoms with Crippen LogP contribution in [0.3, 0.4) is 0 Å². The van der Waals surface area contributed by atoms with Crippen molar-refractivity contribution in [2.45, 2.75) is 13.8 Å². The van der Waals surface area contributed by atoms with Gasteiger partial charge < -0.3 is 4.74 Å². The van der Waals surface area contributed by atoms with Crippen LogP contribution in [0.2, 0.25) is 0 Å². The average molecular weight is 406 g/mol.